The third-order valence-electron chi connectivity index (χ3n) is 10.3. The van der Waals surface area contributed by atoms with Crippen molar-refractivity contribution in [2.75, 3.05) is 6.61 Å². The molecule has 0 bridgehead atoms. The lowest BCUT2D eigenvalue weighted by atomic mass is 9.41. The van der Waals surface area contributed by atoms with E-state index >= 15 is 0 Å². The summed E-state index contributed by atoms with van der Waals surface area (Å²) in [5.41, 5.74) is -2.77. The molecule has 0 aromatic heterocycles. The summed E-state index contributed by atoms with van der Waals surface area (Å²) in [6, 6.07) is 0. The van der Waals surface area contributed by atoms with Gasteiger partial charge in [0, 0.05) is 17.9 Å². The Bertz CT molecular complexity index is 936. The summed E-state index contributed by atoms with van der Waals surface area (Å²) in [4.78, 5) is 35.1. The molecule has 188 valence electrons. The zero-order chi connectivity index (χ0) is 24.5. The molecule has 5 rings (SSSR count). The van der Waals surface area contributed by atoms with Gasteiger partial charge >= 0.3 is 11.9 Å². The van der Waals surface area contributed by atoms with Crippen LogP contribution in [0.4, 0.5) is 0 Å². The number of fused-ring (bicyclic) bond motifs is 5. The Morgan fingerprint density at radius 2 is 1.88 bits per heavy atom. The molecule has 0 amide bonds. The summed E-state index contributed by atoms with van der Waals surface area (Å²) in [5, 5.41) is 24.0. The molecule has 2 N–H and O–H groups in total. The van der Waals surface area contributed by atoms with Crippen LogP contribution in [0, 0.1) is 28.6 Å². The lowest BCUT2D eigenvalue weighted by Gasteiger charge is -2.65. The number of hydrogen-bond donors (Lipinski definition) is 2. The summed E-state index contributed by atoms with van der Waals surface area (Å²) in [5.74, 6) is -1.30. The standard InChI is InChI=1S/C25H32Cl2O7/c1-22-6-3-17-18(25(22,32)9-5-16(22)14-10-19(29)33-12-14)4-8-24(31)11-15(34-21(30)20(26)27)2-7-23(17,24)13-28/h10,13,15-18,20,31-32H,2-9,11-12H2,1H3/t15-,16+,17-,18+,22+,23-,24-,25-/m0/s1. The highest BCUT2D eigenvalue weighted by atomic mass is 35.5. The van der Waals surface area contributed by atoms with Gasteiger partial charge in [-0.05, 0) is 74.7 Å². The van der Waals surface area contributed by atoms with Crippen molar-refractivity contribution in [1.82, 2.24) is 0 Å². The second-order valence-electron chi connectivity index (χ2n) is 11.3. The van der Waals surface area contributed by atoms with Crippen molar-refractivity contribution < 1.29 is 34.1 Å². The molecule has 0 saturated heterocycles. The molecule has 4 aliphatic carbocycles. The van der Waals surface area contributed by atoms with Gasteiger partial charge in [-0.2, -0.15) is 0 Å². The van der Waals surface area contributed by atoms with Crippen LogP contribution in [0.2, 0.25) is 0 Å². The molecule has 0 aromatic rings. The minimum Gasteiger partial charge on any atom is -0.460 e. The van der Waals surface area contributed by atoms with Gasteiger partial charge in [0.05, 0.1) is 16.6 Å². The van der Waals surface area contributed by atoms with E-state index in [1.165, 1.54) is 0 Å². The summed E-state index contributed by atoms with van der Waals surface area (Å²) in [7, 11) is 0. The van der Waals surface area contributed by atoms with Crippen molar-refractivity contribution in [3.05, 3.63) is 11.6 Å². The fourth-order valence-corrected chi connectivity index (χ4v) is 8.74. The summed E-state index contributed by atoms with van der Waals surface area (Å²) in [6.07, 6.45) is 6.61. The molecular formula is C25H32Cl2O7. The number of esters is 2. The maximum absolute atomic E-state index is 12.7. The Balaban J connectivity index is 1.43. The number of carbonyl (C=O) groups is 3. The zero-order valence-corrected chi connectivity index (χ0v) is 20.8. The Hall–Kier alpha value is -1.15. The van der Waals surface area contributed by atoms with E-state index in [1.807, 2.05) is 0 Å². The van der Waals surface area contributed by atoms with Crippen LogP contribution in [-0.4, -0.2) is 57.2 Å². The molecule has 1 heterocycles. The molecule has 7 nitrogen and oxygen atoms in total. The van der Waals surface area contributed by atoms with Crippen LogP contribution in [0.3, 0.4) is 0 Å². The first-order chi connectivity index (χ1) is 16.0. The van der Waals surface area contributed by atoms with Crippen molar-refractivity contribution in [3.63, 3.8) is 0 Å². The predicted octanol–water partition coefficient (Wildman–Crippen LogP) is 3.25. The van der Waals surface area contributed by atoms with Gasteiger partial charge in [0.25, 0.3) is 0 Å². The second kappa shape index (κ2) is 8.19. The van der Waals surface area contributed by atoms with Gasteiger partial charge in [-0.15, -0.1) is 0 Å². The van der Waals surface area contributed by atoms with E-state index in [0.29, 0.717) is 44.9 Å². The first-order valence-corrected chi connectivity index (χ1v) is 13.1. The number of aldehydes is 1. The van der Waals surface area contributed by atoms with Gasteiger partial charge < -0.3 is 24.5 Å². The number of carbonyl (C=O) groups excluding carboxylic acids is 3. The number of cyclic esters (lactones) is 1. The van der Waals surface area contributed by atoms with Gasteiger partial charge in [-0.1, -0.05) is 30.1 Å². The van der Waals surface area contributed by atoms with Crippen LogP contribution >= 0.6 is 23.2 Å². The van der Waals surface area contributed by atoms with Crippen molar-refractivity contribution in [2.24, 2.45) is 28.6 Å². The number of halogens is 2. The molecule has 9 heteroatoms. The highest BCUT2D eigenvalue weighted by Gasteiger charge is 2.71. The van der Waals surface area contributed by atoms with Crippen molar-refractivity contribution in [2.45, 2.75) is 86.9 Å². The predicted molar refractivity (Wildman–Crippen MR) is 123 cm³/mol. The topological polar surface area (TPSA) is 110 Å². The van der Waals surface area contributed by atoms with Crippen LogP contribution in [0.15, 0.2) is 11.6 Å². The van der Waals surface area contributed by atoms with Crippen LogP contribution in [-0.2, 0) is 23.9 Å². The molecule has 0 spiro atoms. The van der Waals surface area contributed by atoms with Crippen molar-refractivity contribution in [1.29, 1.82) is 0 Å². The molecule has 0 unspecified atom stereocenters. The van der Waals surface area contributed by atoms with Crippen LogP contribution in [0.25, 0.3) is 0 Å². The Morgan fingerprint density at radius 3 is 2.53 bits per heavy atom. The van der Waals surface area contributed by atoms with E-state index in [2.05, 4.69) is 6.92 Å². The maximum Gasteiger partial charge on any atom is 0.339 e. The molecule has 5 aliphatic rings. The highest BCUT2D eigenvalue weighted by Crippen LogP contribution is 2.70. The summed E-state index contributed by atoms with van der Waals surface area (Å²) >= 11 is 11.3. The van der Waals surface area contributed by atoms with Crippen LogP contribution in [0.5, 0.6) is 0 Å². The molecule has 34 heavy (non-hydrogen) atoms. The Morgan fingerprint density at radius 1 is 1.15 bits per heavy atom. The second-order valence-corrected chi connectivity index (χ2v) is 12.4. The average Bonchev–Trinajstić information content (AvgIpc) is 3.33. The third-order valence-corrected chi connectivity index (χ3v) is 10.6. The fourth-order valence-electron chi connectivity index (χ4n) is 8.63. The lowest BCUT2D eigenvalue weighted by Crippen LogP contribution is -2.69. The molecule has 8 atom stereocenters. The molecule has 4 saturated carbocycles. The lowest BCUT2D eigenvalue weighted by molar-refractivity contribution is -0.249. The third kappa shape index (κ3) is 3.26. The molecule has 0 aromatic carbocycles. The molecule has 1 aliphatic heterocycles. The first kappa shape index (κ1) is 24.5. The van der Waals surface area contributed by atoms with E-state index in [-0.39, 0.29) is 36.8 Å². The van der Waals surface area contributed by atoms with Gasteiger partial charge in [-0.25, -0.2) is 9.59 Å². The minimum atomic E-state index is -1.32. The molecule has 0 radical (unpaired) electrons. The van der Waals surface area contributed by atoms with Crippen LogP contribution < -0.4 is 0 Å². The normalized spacial score (nSPS) is 47.8. The van der Waals surface area contributed by atoms with E-state index in [9.17, 15) is 24.6 Å². The SMILES string of the molecule is C[C@]12CC[C@H]3[C@@H](CC[C@]4(O)C[C@@H](OC(=O)C(Cl)Cl)CC[C@]34C=O)[C@@]1(O)CC[C@@H]2C1=CC(=O)OC1. The highest BCUT2D eigenvalue weighted by molar-refractivity contribution is 6.52. The largest absolute Gasteiger partial charge is 0.460 e. The zero-order valence-electron chi connectivity index (χ0n) is 19.3. The number of alkyl halides is 2. The minimum absolute atomic E-state index is 0.0621. The number of ether oxygens (including phenoxy) is 2. The van der Waals surface area contributed by atoms with Gasteiger partial charge in [0.15, 0.2) is 0 Å². The average molecular weight is 515 g/mol. The van der Waals surface area contributed by atoms with Crippen molar-refractivity contribution in [3.8, 4) is 0 Å². The van der Waals surface area contributed by atoms with Gasteiger partial charge in [0.1, 0.15) is 19.0 Å². The summed E-state index contributed by atoms with van der Waals surface area (Å²) < 4.78 is 10.6. The Kier molecular flexibility index (Phi) is 5.91. The fraction of sp³-hybridized carbons (Fsp3) is 0.800. The summed E-state index contributed by atoms with van der Waals surface area (Å²) in [6.45, 7) is 2.40. The van der Waals surface area contributed by atoms with Gasteiger partial charge in [-0.3, -0.25) is 0 Å². The number of hydrogen-bond acceptors (Lipinski definition) is 7. The van der Waals surface area contributed by atoms with E-state index < -0.39 is 38.9 Å². The molecular weight excluding hydrogens is 483 g/mol. The smallest absolute Gasteiger partial charge is 0.339 e. The van der Waals surface area contributed by atoms with E-state index in [0.717, 1.165) is 18.3 Å². The first-order valence-electron chi connectivity index (χ1n) is 12.3. The number of rotatable bonds is 4. The Labute approximate surface area is 209 Å². The quantitative estimate of drug-likeness (QED) is 0.336. The number of aliphatic hydroxyl groups is 2. The molecule has 4 fully saturated rings. The van der Waals surface area contributed by atoms with Crippen molar-refractivity contribution >= 4 is 41.4 Å². The van der Waals surface area contributed by atoms with E-state index in [4.69, 9.17) is 32.7 Å². The van der Waals surface area contributed by atoms with Crippen LogP contribution in [0.1, 0.15) is 64.7 Å². The monoisotopic (exact) mass is 514 g/mol. The van der Waals surface area contributed by atoms with Gasteiger partial charge in [0.2, 0.25) is 4.84 Å². The van der Waals surface area contributed by atoms with E-state index in [1.54, 1.807) is 6.08 Å². The maximum atomic E-state index is 12.7.